The molecule has 1 aliphatic heterocycles. The standard InChI is InChI=1S/C5H12N2O2S/c1-2-7-10(8,9)5-3-6-4-5/h5-7H,2-4H2,1H3. The van der Waals surface area contributed by atoms with Crippen molar-refractivity contribution in [2.24, 2.45) is 0 Å². The van der Waals surface area contributed by atoms with Crippen LogP contribution < -0.4 is 10.0 Å². The Kier molecular flexibility index (Phi) is 2.28. The van der Waals surface area contributed by atoms with E-state index in [-0.39, 0.29) is 5.25 Å². The van der Waals surface area contributed by atoms with Gasteiger partial charge < -0.3 is 5.32 Å². The Labute approximate surface area is 61.1 Å². The van der Waals surface area contributed by atoms with E-state index in [0.29, 0.717) is 19.6 Å². The van der Waals surface area contributed by atoms with Crippen molar-refractivity contribution >= 4 is 10.0 Å². The van der Waals surface area contributed by atoms with Crippen molar-refractivity contribution in [2.45, 2.75) is 12.2 Å². The van der Waals surface area contributed by atoms with Crippen LogP contribution in [0.25, 0.3) is 0 Å². The molecule has 0 atom stereocenters. The number of sulfonamides is 1. The highest BCUT2D eigenvalue weighted by molar-refractivity contribution is 7.90. The normalized spacial score (nSPS) is 20.5. The second kappa shape index (κ2) is 2.86. The van der Waals surface area contributed by atoms with Gasteiger partial charge in [0.2, 0.25) is 10.0 Å². The molecule has 60 valence electrons. The van der Waals surface area contributed by atoms with Gasteiger partial charge in [0, 0.05) is 19.6 Å². The lowest BCUT2D eigenvalue weighted by Crippen LogP contribution is -2.55. The lowest BCUT2D eigenvalue weighted by Gasteiger charge is -2.26. The molecule has 0 unspecified atom stereocenters. The summed E-state index contributed by atoms with van der Waals surface area (Å²) in [6, 6.07) is 0. The Bertz CT molecular complexity index is 196. The molecule has 1 rings (SSSR count). The van der Waals surface area contributed by atoms with Crippen LogP contribution >= 0.6 is 0 Å². The van der Waals surface area contributed by atoms with Gasteiger partial charge in [0.25, 0.3) is 0 Å². The molecule has 0 aromatic rings. The highest BCUT2D eigenvalue weighted by Crippen LogP contribution is 2.02. The first-order chi connectivity index (χ1) is 4.67. The minimum Gasteiger partial charge on any atom is -0.314 e. The number of nitrogens with one attached hydrogen (secondary N) is 2. The fourth-order valence-corrected chi connectivity index (χ4v) is 2.11. The third kappa shape index (κ3) is 1.47. The third-order valence-electron chi connectivity index (χ3n) is 1.53. The first-order valence-corrected chi connectivity index (χ1v) is 4.90. The molecule has 2 N–H and O–H groups in total. The highest BCUT2D eigenvalue weighted by Gasteiger charge is 2.29. The second-order valence-corrected chi connectivity index (χ2v) is 4.37. The zero-order valence-corrected chi connectivity index (χ0v) is 6.74. The summed E-state index contributed by atoms with van der Waals surface area (Å²) in [7, 11) is -2.99. The van der Waals surface area contributed by atoms with E-state index in [0.717, 1.165) is 0 Å². The van der Waals surface area contributed by atoms with E-state index >= 15 is 0 Å². The van der Waals surface area contributed by atoms with Crippen molar-refractivity contribution < 1.29 is 8.42 Å². The summed E-state index contributed by atoms with van der Waals surface area (Å²) in [5.41, 5.74) is 0. The number of hydrogen-bond acceptors (Lipinski definition) is 3. The van der Waals surface area contributed by atoms with Crippen LogP contribution in [0.4, 0.5) is 0 Å². The maximum Gasteiger partial charge on any atom is 0.216 e. The van der Waals surface area contributed by atoms with E-state index in [1.807, 2.05) is 0 Å². The van der Waals surface area contributed by atoms with E-state index in [4.69, 9.17) is 0 Å². The highest BCUT2D eigenvalue weighted by atomic mass is 32.2. The molecule has 1 heterocycles. The zero-order valence-electron chi connectivity index (χ0n) is 5.92. The van der Waals surface area contributed by atoms with Crippen LogP contribution in [0.15, 0.2) is 0 Å². The molecule has 0 spiro atoms. The van der Waals surface area contributed by atoms with E-state index in [9.17, 15) is 8.42 Å². The average Bonchev–Trinajstić information content (AvgIpc) is 1.56. The van der Waals surface area contributed by atoms with Gasteiger partial charge in [0.15, 0.2) is 0 Å². The molecule has 0 aromatic carbocycles. The molecule has 10 heavy (non-hydrogen) atoms. The molecule has 0 aliphatic carbocycles. The number of rotatable bonds is 3. The molecule has 0 amide bonds. The van der Waals surface area contributed by atoms with Gasteiger partial charge in [-0.3, -0.25) is 0 Å². The topological polar surface area (TPSA) is 58.2 Å². The molecule has 0 aromatic heterocycles. The Morgan fingerprint density at radius 2 is 2.20 bits per heavy atom. The molecule has 1 saturated heterocycles. The molecule has 1 fully saturated rings. The van der Waals surface area contributed by atoms with E-state index in [2.05, 4.69) is 10.0 Å². The second-order valence-electron chi connectivity index (χ2n) is 2.32. The predicted octanol–water partition coefficient (Wildman–Crippen LogP) is -1.10. The summed E-state index contributed by atoms with van der Waals surface area (Å²) >= 11 is 0. The van der Waals surface area contributed by atoms with Crippen LogP contribution in [-0.2, 0) is 10.0 Å². The quantitative estimate of drug-likeness (QED) is 0.556. The van der Waals surface area contributed by atoms with Gasteiger partial charge >= 0.3 is 0 Å². The van der Waals surface area contributed by atoms with Crippen LogP contribution in [0.1, 0.15) is 6.92 Å². The van der Waals surface area contributed by atoms with Crippen molar-refractivity contribution in [3.63, 3.8) is 0 Å². The molecule has 0 radical (unpaired) electrons. The first kappa shape index (κ1) is 7.97. The molecule has 0 bridgehead atoms. The third-order valence-corrected chi connectivity index (χ3v) is 3.43. The van der Waals surface area contributed by atoms with Crippen LogP contribution in [0, 0.1) is 0 Å². The van der Waals surface area contributed by atoms with Crippen molar-refractivity contribution in [2.75, 3.05) is 19.6 Å². The van der Waals surface area contributed by atoms with Crippen LogP contribution in [-0.4, -0.2) is 33.3 Å². The summed E-state index contributed by atoms with van der Waals surface area (Å²) < 4.78 is 24.6. The average molecular weight is 164 g/mol. The Hall–Kier alpha value is -0.130. The maximum atomic E-state index is 11.1. The molecule has 0 saturated carbocycles. The molecule has 4 nitrogen and oxygen atoms in total. The van der Waals surface area contributed by atoms with Gasteiger partial charge in [-0.15, -0.1) is 0 Å². The van der Waals surface area contributed by atoms with Crippen molar-refractivity contribution in [3.8, 4) is 0 Å². The summed E-state index contributed by atoms with van der Waals surface area (Å²) in [5, 5.41) is 2.71. The van der Waals surface area contributed by atoms with Gasteiger partial charge in [-0.25, -0.2) is 13.1 Å². The fourth-order valence-electron chi connectivity index (χ4n) is 0.801. The van der Waals surface area contributed by atoms with Gasteiger partial charge in [-0.2, -0.15) is 0 Å². The lowest BCUT2D eigenvalue weighted by atomic mass is 10.3. The maximum absolute atomic E-state index is 11.1. The lowest BCUT2D eigenvalue weighted by molar-refractivity contribution is 0.488. The van der Waals surface area contributed by atoms with Gasteiger partial charge in [-0.1, -0.05) is 6.92 Å². The Morgan fingerprint density at radius 3 is 2.50 bits per heavy atom. The SMILES string of the molecule is CCNS(=O)(=O)C1CNC1. The van der Waals surface area contributed by atoms with Crippen LogP contribution in [0.3, 0.4) is 0 Å². The molecule has 1 aliphatic rings. The van der Waals surface area contributed by atoms with E-state index < -0.39 is 10.0 Å². The van der Waals surface area contributed by atoms with Gasteiger partial charge in [-0.05, 0) is 0 Å². The van der Waals surface area contributed by atoms with Crippen molar-refractivity contribution in [1.29, 1.82) is 0 Å². The van der Waals surface area contributed by atoms with Crippen molar-refractivity contribution in [3.05, 3.63) is 0 Å². The molecular formula is C5H12N2O2S. The Balaban J connectivity index is 2.50. The van der Waals surface area contributed by atoms with Crippen molar-refractivity contribution in [1.82, 2.24) is 10.0 Å². The summed E-state index contributed by atoms with van der Waals surface area (Å²) in [6.07, 6.45) is 0. The monoisotopic (exact) mass is 164 g/mol. The number of hydrogen-bond donors (Lipinski definition) is 2. The van der Waals surface area contributed by atoms with E-state index in [1.165, 1.54) is 0 Å². The smallest absolute Gasteiger partial charge is 0.216 e. The predicted molar refractivity (Wildman–Crippen MR) is 39.3 cm³/mol. The minimum absolute atomic E-state index is 0.201. The summed E-state index contributed by atoms with van der Waals surface area (Å²) in [6.45, 7) is 3.45. The zero-order chi connectivity index (χ0) is 7.61. The summed E-state index contributed by atoms with van der Waals surface area (Å²) in [4.78, 5) is 0. The fraction of sp³-hybridized carbons (Fsp3) is 1.00. The van der Waals surface area contributed by atoms with Gasteiger partial charge in [0.05, 0.1) is 0 Å². The largest absolute Gasteiger partial charge is 0.314 e. The summed E-state index contributed by atoms with van der Waals surface area (Å²) in [5.74, 6) is 0. The first-order valence-electron chi connectivity index (χ1n) is 3.36. The van der Waals surface area contributed by atoms with Gasteiger partial charge in [0.1, 0.15) is 5.25 Å². The molecular weight excluding hydrogens is 152 g/mol. The minimum atomic E-state index is -2.99. The Morgan fingerprint density at radius 1 is 1.60 bits per heavy atom. The van der Waals surface area contributed by atoms with Crippen LogP contribution in [0.5, 0.6) is 0 Å². The molecule has 5 heteroatoms. The van der Waals surface area contributed by atoms with E-state index in [1.54, 1.807) is 6.92 Å². The van der Waals surface area contributed by atoms with Crippen LogP contribution in [0.2, 0.25) is 0 Å².